The number of carboxylic acid groups (broad SMARTS) is 1. The molecular weight excluding hydrogens is 176 g/mol. The van der Waals surface area contributed by atoms with Crippen molar-refractivity contribution in [1.82, 2.24) is 0 Å². The summed E-state index contributed by atoms with van der Waals surface area (Å²) >= 11 is 0. The van der Waals surface area contributed by atoms with Crippen molar-refractivity contribution in [2.24, 2.45) is 0 Å². The Morgan fingerprint density at radius 1 is 1.29 bits per heavy atom. The van der Waals surface area contributed by atoms with Crippen molar-refractivity contribution < 1.29 is 9.90 Å². The summed E-state index contributed by atoms with van der Waals surface area (Å²) < 4.78 is 0. The summed E-state index contributed by atoms with van der Waals surface area (Å²) in [6.07, 6.45) is 2.11. The van der Waals surface area contributed by atoms with Gasteiger partial charge in [0.15, 0.2) is 0 Å². The molecule has 0 bridgehead atoms. The molecule has 0 aliphatic rings. The highest BCUT2D eigenvalue weighted by Crippen LogP contribution is 2.17. The largest absolute Gasteiger partial charge is 0.478 e. The number of carbonyl (C=O) groups is 1. The van der Waals surface area contributed by atoms with Gasteiger partial charge in [-0.3, -0.25) is 0 Å². The second kappa shape index (κ2) is 4.27. The van der Waals surface area contributed by atoms with E-state index in [-0.39, 0.29) is 0 Å². The molecule has 0 aliphatic heterocycles. The molecule has 0 unspecified atom stereocenters. The molecule has 2 nitrogen and oxygen atoms in total. The molecular formula is C12H16O2. The van der Waals surface area contributed by atoms with Crippen molar-refractivity contribution in [3.05, 3.63) is 34.4 Å². The first-order chi connectivity index (χ1) is 6.56. The molecule has 0 amide bonds. The molecule has 0 spiro atoms. The van der Waals surface area contributed by atoms with Crippen molar-refractivity contribution >= 4 is 5.97 Å². The third-order valence-electron chi connectivity index (χ3n) is 2.43. The summed E-state index contributed by atoms with van der Waals surface area (Å²) in [6.45, 7) is 5.94. The Labute approximate surface area is 84.6 Å². The number of rotatable bonds is 3. The number of aromatic carboxylic acids is 1. The second-order valence-corrected chi connectivity index (χ2v) is 3.65. The summed E-state index contributed by atoms with van der Waals surface area (Å²) in [5.41, 5.74) is 3.61. The summed E-state index contributed by atoms with van der Waals surface area (Å²) in [4.78, 5) is 10.8. The van der Waals surface area contributed by atoms with Crippen LogP contribution in [0.1, 0.15) is 40.4 Å². The van der Waals surface area contributed by atoms with Gasteiger partial charge in [-0.1, -0.05) is 19.4 Å². The molecule has 1 rings (SSSR count). The smallest absolute Gasteiger partial charge is 0.335 e. The topological polar surface area (TPSA) is 37.3 Å². The van der Waals surface area contributed by atoms with Crippen molar-refractivity contribution in [1.29, 1.82) is 0 Å². The Morgan fingerprint density at radius 2 is 1.93 bits per heavy atom. The van der Waals surface area contributed by atoms with Crippen LogP contribution in [0.15, 0.2) is 12.1 Å². The van der Waals surface area contributed by atoms with Crippen LogP contribution in [-0.2, 0) is 6.42 Å². The molecule has 0 aromatic heterocycles. The van der Waals surface area contributed by atoms with Crippen LogP contribution >= 0.6 is 0 Å². The fraction of sp³-hybridized carbons (Fsp3) is 0.417. The minimum atomic E-state index is -0.839. The Balaban J connectivity index is 3.17. The van der Waals surface area contributed by atoms with Gasteiger partial charge in [0.1, 0.15) is 0 Å². The number of carboxylic acids is 1. The molecule has 0 atom stereocenters. The molecule has 0 saturated carbocycles. The first kappa shape index (κ1) is 10.8. The maximum atomic E-state index is 10.8. The van der Waals surface area contributed by atoms with Gasteiger partial charge in [-0.25, -0.2) is 4.79 Å². The zero-order valence-electron chi connectivity index (χ0n) is 8.92. The lowest BCUT2D eigenvalue weighted by molar-refractivity contribution is 0.0696. The summed E-state index contributed by atoms with van der Waals surface area (Å²) in [6, 6.07) is 3.75. The Bertz CT molecular complexity index is 354. The molecule has 0 saturated heterocycles. The van der Waals surface area contributed by atoms with Crippen LogP contribution in [0.25, 0.3) is 0 Å². The molecule has 14 heavy (non-hydrogen) atoms. The van der Waals surface area contributed by atoms with E-state index in [1.807, 2.05) is 19.9 Å². The van der Waals surface area contributed by atoms with E-state index in [0.29, 0.717) is 5.56 Å². The normalized spacial score (nSPS) is 10.2. The predicted molar refractivity (Wildman–Crippen MR) is 56.9 cm³/mol. The molecule has 1 aromatic carbocycles. The standard InChI is InChI=1S/C12H16O2/c1-4-5-10-6-9(3)11(12(13)14)7-8(10)2/h6-7H,4-5H2,1-3H3,(H,13,14). The number of hydrogen-bond acceptors (Lipinski definition) is 1. The lowest BCUT2D eigenvalue weighted by Gasteiger charge is -2.08. The van der Waals surface area contributed by atoms with Crippen LogP contribution < -0.4 is 0 Å². The molecule has 0 fully saturated rings. The number of aryl methyl sites for hydroxylation is 3. The van der Waals surface area contributed by atoms with Crippen molar-refractivity contribution in [2.75, 3.05) is 0 Å². The van der Waals surface area contributed by atoms with Gasteiger partial charge in [-0.2, -0.15) is 0 Å². The van der Waals surface area contributed by atoms with Crippen LogP contribution in [0.2, 0.25) is 0 Å². The zero-order chi connectivity index (χ0) is 10.7. The van der Waals surface area contributed by atoms with Gasteiger partial charge in [-0.05, 0) is 43.0 Å². The van der Waals surface area contributed by atoms with Crippen molar-refractivity contribution in [3.63, 3.8) is 0 Å². The van der Waals surface area contributed by atoms with Crippen LogP contribution in [0.4, 0.5) is 0 Å². The van der Waals surface area contributed by atoms with E-state index in [0.717, 1.165) is 24.0 Å². The molecule has 1 N–H and O–H groups in total. The van der Waals surface area contributed by atoms with Crippen molar-refractivity contribution in [3.8, 4) is 0 Å². The van der Waals surface area contributed by atoms with Gasteiger partial charge >= 0.3 is 5.97 Å². The first-order valence-electron chi connectivity index (χ1n) is 4.89. The summed E-state index contributed by atoms with van der Waals surface area (Å²) in [7, 11) is 0. The van der Waals surface area contributed by atoms with E-state index in [2.05, 4.69) is 6.92 Å². The van der Waals surface area contributed by atoms with E-state index in [9.17, 15) is 4.79 Å². The van der Waals surface area contributed by atoms with Gasteiger partial charge in [0.25, 0.3) is 0 Å². The van der Waals surface area contributed by atoms with Crippen LogP contribution in [0, 0.1) is 13.8 Å². The fourth-order valence-corrected chi connectivity index (χ4v) is 1.65. The van der Waals surface area contributed by atoms with Gasteiger partial charge in [0, 0.05) is 0 Å². The summed E-state index contributed by atoms with van der Waals surface area (Å²) in [5.74, 6) is -0.839. The van der Waals surface area contributed by atoms with E-state index in [4.69, 9.17) is 5.11 Å². The molecule has 1 aromatic rings. The molecule has 76 valence electrons. The second-order valence-electron chi connectivity index (χ2n) is 3.65. The highest BCUT2D eigenvalue weighted by atomic mass is 16.4. The molecule has 0 aliphatic carbocycles. The summed E-state index contributed by atoms with van der Waals surface area (Å²) in [5, 5.41) is 8.91. The minimum Gasteiger partial charge on any atom is -0.478 e. The number of benzene rings is 1. The molecule has 2 heteroatoms. The highest BCUT2D eigenvalue weighted by Gasteiger charge is 2.09. The Hall–Kier alpha value is -1.31. The zero-order valence-corrected chi connectivity index (χ0v) is 8.92. The molecule has 0 heterocycles. The van der Waals surface area contributed by atoms with E-state index in [1.54, 1.807) is 6.07 Å². The van der Waals surface area contributed by atoms with Gasteiger partial charge in [-0.15, -0.1) is 0 Å². The quantitative estimate of drug-likeness (QED) is 0.799. The fourth-order valence-electron chi connectivity index (χ4n) is 1.65. The average Bonchev–Trinajstić information content (AvgIpc) is 2.10. The van der Waals surface area contributed by atoms with Crippen LogP contribution in [0.3, 0.4) is 0 Å². The highest BCUT2D eigenvalue weighted by molar-refractivity contribution is 5.89. The third-order valence-corrected chi connectivity index (χ3v) is 2.43. The van der Waals surface area contributed by atoms with Crippen LogP contribution in [0.5, 0.6) is 0 Å². The lowest BCUT2D eigenvalue weighted by atomic mass is 9.97. The predicted octanol–water partition coefficient (Wildman–Crippen LogP) is 2.95. The lowest BCUT2D eigenvalue weighted by Crippen LogP contribution is -2.02. The SMILES string of the molecule is CCCc1cc(C)c(C(=O)O)cc1C. The third kappa shape index (κ3) is 2.13. The average molecular weight is 192 g/mol. The first-order valence-corrected chi connectivity index (χ1v) is 4.89. The maximum absolute atomic E-state index is 10.8. The Morgan fingerprint density at radius 3 is 2.43 bits per heavy atom. The Kier molecular flexibility index (Phi) is 3.28. The monoisotopic (exact) mass is 192 g/mol. The van der Waals surface area contributed by atoms with Crippen LogP contribution in [-0.4, -0.2) is 11.1 Å². The van der Waals surface area contributed by atoms with E-state index >= 15 is 0 Å². The van der Waals surface area contributed by atoms with Gasteiger partial charge in [0.05, 0.1) is 5.56 Å². The maximum Gasteiger partial charge on any atom is 0.335 e. The molecule has 0 radical (unpaired) electrons. The van der Waals surface area contributed by atoms with Gasteiger partial charge < -0.3 is 5.11 Å². The van der Waals surface area contributed by atoms with E-state index in [1.165, 1.54) is 5.56 Å². The minimum absolute atomic E-state index is 0.419. The van der Waals surface area contributed by atoms with Crippen molar-refractivity contribution in [2.45, 2.75) is 33.6 Å². The number of hydrogen-bond donors (Lipinski definition) is 1. The van der Waals surface area contributed by atoms with Gasteiger partial charge in [0.2, 0.25) is 0 Å². The van der Waals surface area contributed by atoms with E-state index < -0.39 is 5.97 Å².